The smallest absolute Gasteiger partial charge is 0.414 e. The van der Waals surface area contributed by atoms with Crippen LogP contribution in [0.25, 0.3) is 11.3 Å². The van der Waals surface area contributed by atoms with Gasteiger partial charge in [-0.1, -0.05) is 12.1 Å². The van der Waals surface area contributed by atoms with Crippen LogP contribution >= 0.6 is 11.8 Å². The predicted molar refractivity (Wildman–Crippen MR) is 136 cm³/mol. The molecule has 0 spiro atoms. The summed E-state index contributed by atoms with van der Waals surface area (Å²) in [7, 11) is 1.65. The fraction of sp³-hybridized carbons (Fsp3) is 0.269. The number of ether oxygens (including phenoxy) is 2. The van der Waals surface area contributed by atoms with E-state index in [1.807, 2.05) is 54.7 Å². The Kier molecular flexibility index (Phi) is 6.87. The quantitative estimate of drug-likeness (QED) is 0.455. The number of anilines is 2. The molecule has 180 valence electrons. The molecule has 1 fully saturated rings. The molecule has 0 radical (unpaired) electrons. The minimum Gasteiger partial charge on any atom is -0.497 e. The third-order valence-electron chi connectivity index (χ3n) is 5.94. The monoisotopic (exact) mass is 490 g/mol. The first kappa shape index (κ1) is 23.2. The number of fused-ring (bicyclic) bond motifs is 1. The number of pyridine rings is 1. The van der Waals surface area contributed by atoms with Gasteiger partial charge in [0.1, 0.15) is 11.9 Å². The molecule has 0 aliphatic carbocycles. The van der Waals surface area contributed by atoms with Gasteiger partial charge in [-0.05, 0) is 61.0 Å². The second kappa shape index (κ2) is 10.4. The van der Waals surface area contributed by atoms with Crippen molar-refractivity contribution < 1.29 is 19.1 Å². The average Bonchev–Trinajstić information content (AvgIpc) is 3.26. The van der Waals surface area contributed by atoms with E-state index in [0.29, 0.717) is 31.8 Å². The third-order valence-corrected chi connectivity index (χ3v) is 7.02. The van der Waals surface area contributed by atoms with Crippen molar-refractivity contribution in [1.82, 2.24) is 10.3 Å². The van der Waals surface area contributed by atoms with Gasteiger partial charge in [0.05, 0.1) is 30.8 Å². The zero-order valence-electron chi connectivity index (χ0n) is 19.3. The van der Waals surface area contributed by atoms with Crippen LogP contribution in [0.4, 0.5) is 16.2 Å². The zero-order chi connectivity index (χ0) is 24.2. The normalized spacial score (nSPS) is 17.1. The van der Waals surface area contributed by atoms with Crippen molar-refractivity contribution in [2.75, 3.05) is 36.2 Å². The number of cyclic esters (lactones) is 1. The summed E-state index contributed by atoms with van der Waals surface area (Å²) >= 11 is 1.50. The molecule has 1 aromatic heterocycles. The van der Waals surface area contributed by atoms with Gasteiger partial charge in [-0.3, -0.25) is 14.7 Å². The lowest BCUT2D eigenvalue weighted by atomic mass is 10.1. The van der Waals surface area contributed by atoms with E-state index < -0.39 is 0 Å². The average molecular weight is 491 g/mol. The molecule has 0 bridgehead atoms. The van der Waals surface area contributed by atoms with Crippen LogP contribution in [-0.4, -0.2) is 49.0 Å². The van der Waals surface area contributed by atoms with E-state index in [2.05, 4.69) is 21.7 Å². The fourth-order valence-corrected chi connectivity index (χ4v) is 4.93. The Hall–Kier alpha value is -3.56. The molecule has 1 atom stereocenters. The lowest BCUT2D eigenvalue weighted by Crippen LogP contribution is -2.26. The molecule has 2 aliphatic rings. The number of carbonyl (C=O) groups excluding carboxylic acids is 2. The molecular formula is C26H26N4O4S. The fourth-order valence-electron chi connectivity index (χ4n) is 4.14. The first-order valence-corrected chi connectivity index (χ1v) is 12.4. The van der Waals surface area contributed by atoms with Crippen LogP contribution in [0.3, 0.4) is 0 Å². The minimum atomic E-state index is -0.359. The molecule has 2 amide bonds. The highest BCUT2D eigenvalue weighted by Gasteiger charge is 2.32. The van der Waals surface area contributed by atoms with E-state index in [9.17, 15) is 9.59 Å². The molecule has 5 rings (SSSR count). The lowest BCUT2D eigenvalue weighted by molar-refractivity contribution is -0.113. The Morgan fingerprint density at radius 1 is 1.20 bits per heavy atom. The molecule has 35 heavy (non-hydrogen) atoms. The maximum Gasteiger partial charge on any atom is 0.414 e. The van der Waals surface area contributed by atoms with E-state index in [0.717, 1.165) is 38.8 Å². The molecule has 2 aromatic carbocycles. The van der Waals surface area contributed by atoms with Gasteiger partial charge in [0.15, 0.2) is 0 Å². The van der Waals surface area contributed by atoms with E-state index in [-0.39, 0.29) is 18.1 Å². The summed E-state index contributed by atoms with van der Waals surface area (Å²) in [4.78, 5) is 31.3. The molecule has 8 nitrogen and oxygen atoms in total. The molecule has 1 saturated heterocycles. The van der Waals surface area contributed by atoms with Crippen LogP contribution in [0, 0.1) is 0 Å². The lowest BCUT2D eigenvalue weighted by Gasteiger charge is -2.20. The summed E-state index contributed by atoms with van der Waals surface area (Å²) in [5.74, 6) is 1.18. The number of aromatic nitrogens is 1. The minimum absolute atomic E-state index is 0.0302. The summed E-state index contributed by atoms with van der Waals surface area (Å²) in [6, 6.07) is 17.6. The zero-order valence-corrected chi connectivity index (χ0v) is 20.1. The number of carbonyl (C=O) groups is 2. The van der Waals surface area contributed by atoms with Crippen molar-refractivity contribution in [2.24, 2.45) is 0 Å². The van der Waals surface area contributed by atoms with Crippen molar-refractivity contribution in [1.29, 1.82) is 0 Å². The maximum absolute atomic E-state index is 12.5. The van der Waals surface area contributed by atoms with Crippen molar-refractivity contribution >= 4 is 35.1 Å². The van der Waals surface area contributed by atoms with Crippen molar-refractivity contribution in [3.05, 3.63) is 66.4 Å². The van der Waals surface area contributed by atoms with Gasteiger partial charge in [0.25, 0.3) is 0 Å². The van der Waals surface area contributed by atoms with E-state index in [1.165, 1.54) is 11.8 Å². The van der Waals surface area contributed by atoms with Gasteiger partial charge in [0.2, 0.25) is 5.91 Å². The maximum atomic E-state index is 12.5. The summed E-state index contributed by atoms with van der Waals surface area (Å²) in [6.07, 6.45) is 1.96. The summed E-state index contributed by atoms with van der Waals surface area (Å²) < 4.78 is 10.9. The number of methoxy groups -OCH3 is 1. The summed E-state index contributed by atoms with van der Waals surface area (Å²) in [5.41, 5.74) is 4.49. The van der Waals surface area contributed by atoms with Gasteiger partial charge in [-0.2, -0.15) is 0 Å². The highest BCUT2D eigenvalue weighted by Crippen LogP contribution is 2.35. The predicted octanol–water partition coefficient (Wildman–Crippen LogP) is 4.31. The number of nitrogens with zero attached hydrogens (tertiary/aromatic N) is 2. The van der Waals surface area contributed by atoms with Gasteiger partial charge >= 0.3 is 6.09 Å². The number of nitrogens with one attached hydrogen (secondary N) is 2. The Bertz CT molecular complexity index is 1250. The number of rotatable bonds is 8. The third kappa shape index (κ3) is 5.41. The van der Waals surface area contributed by atoms with Crippen LogP contribution in [0.5, 0.6) is 5.75 Å². The first-order chi connectivity index (χ1) is 17.1. The molecule has 2 N–H and O–H groups in total. The van der Waals surface area contributed by atoms with Crippen LogP contribution in [-0.2, 0) is 16.1 Å². The Balaban J connectivity index is 1.13. The van der Waals surface area contributed by atoms with Gasteiger partial charge in [-0.15, -0.1) is 11.8 Å². The second-order valence-electron chi connectivity index (χ2n) is 8.38. The highest BCUT2D eigenvalue weighted by molar-refractivity contribution is 8.00. The van der Waals surface area contributed by atoms with Gasteiger partial charge in [0, 0.05) is 28.9 Å². The van der Waals surface area contributed by atoms with Crippen LogP contribution in [0.15, 0.2) is 65.7 Å². The number of amides is 2. The van der Waals surface area contributed by atoms with Gasteiger partial charge < -0.3 is 20.1 Å². The number of hydrogen-bond acceptors (Lipinski definition) is 7. The van der Waals surface area contributed by atoms with E-state index in [1.54, 1.807) is 12.0 Å². The van der Waals surface area contributed by atoms with E-state index >= 15 is 0 Å². The molecule has 0 unspecified atom stereocenters. The molecular weight excluding hydrogens is 464 g/mol. The number of benzene rings is 2. The first-order valence-electron chi connectivity index (χ1n) is 11.4. The van der Waals surface area contributed by atoms with Crippen molar-refractivity contribution in [2.45, 2.75) is 24.0 Å². The Morgan fingerprint density at radius 3 is 3.00 bits per heavy atom. The van der Waals surface area contributed by atoms with Crippen molar-refractivity contribution in [3.63, 3.8) is 0 Å². The number of thioether (sulfide) groups is 1. The largest absolute Gasteiger partial charge is 0.497 e. The summed E-state index contributed by atoms with van der Waals surface area (Å²) in [6.45, 7) is 1.88. The summed E-state index contributed by atoms with van der Waals surface area (Å²) in [5, 5.41) is 6.30. The molecule has 3 heterocycles. The highest BCUT2D eigenvalue weighted by atomic mass is 32.2. The van der Waals surface area contributed by atoms with Gasteiger partial charge in [-0.25, -0.2) is 4.79 Å². The molecule has 0 saturated carbocycles. The number of hydrogen-bond donors (Lipinski definition) is 2. The SMILES string of the molecule is COc1cccc(-c2cc(CNCC[C@@H]3CN(c4ccc5c(c4)NC(=O)CS5)C(=O)O3)ccn2)c1. The Labute approximate surface area is 208 Å². The van der Waals surface area contributed by atoms with Crippen LogP contribution in [0.2, 0.25) is 0 Å². The molecule has 9 heteroatoms. The molecule has 3 aromatic rings. The van der Waals surface area contributed by atoms with Crippen molar-refractivity contribution in [3.8, 4) is 17.0 Å². The van der Waals surface area contributed by atoms with Crippen LogP contribution in [0.1, 0.15) is 12.0 Å². The van der Waals surface area contributed by atoms with Crippen LogP contribution < -0.4 is 20.3 Å². The van der Waals surface area contributed by atoms with E-state index in [4.69, 9.17) is 9.47 Å². The molecule has 2 aliphatic heterocycles. The topological polar surface area (TPSA) is 92.8 Å². The standard InChI is InChI=1S/C26H26N4O4S/c1-33-20-4-2-3-18(12-20)22-11-17(7-10-28-22)14-27-9-8-21-15-30(26(32)34-21)19-5-6-24-23(13-19)29-25(31)16-35-24/h2-7,10-13,21,27H,8-9,14-16H2,1H3,(H,29,31)/t21-/m1/s1. The second-order valence-corrected chi connectivity index (χ2v) is 9.40. The Morgan fingerprint density at radius 2 is 2.11 bits per heavy atom.